The van der Waals surface area contributed by atoms with E-state index in [-0.39, 0.29) is 17.9 Å². The molecule has 0 aromatic heterocycles. The van der Waals surface area contributed by atoms with Crippen molar-refractivity contribution in [1.82, 2.24) is 0 Å². The average Bonchev–Trinajstić information content (AvgIpc) is 2.18. The van der Waals surface area contributed by atoms with E-state index in [0.717, 1.165) is 0 Å². The van der Waals surface area contributed by atoms with Crippen molar-refractivity contribution in [2.24, 2.45) is 0 Å². The topological polar surface area (TPSA) is 66.4 Å². The number of anilines is 1. The minimum atomic E-state index is -1.15. The number of benzene rings is 1. The molecule has 1 aromatic rings. The summed E-state index contributed by atoms with van der Waals surface area (Å²) in [6.45, 7) is 3.28. The van der Waals surface area contributed by atoms with E-state index in [1.807, 2.05) is 6.07 Å². The van der Waals surface area contributed by atoms with Gasteiger partial charge in [0.1, 0.15) is 0 Å². The molecule has 0 aliphatic rings. The summed E-state index contributed by atoms with van der Waals surface area (Å²) in [7, 11) is 0. The van der Waals surface area contributed by atoms with Crippen molar-refractivity contribution in [3.05, 3.63) is 42.5 Å². The third kappa shape index (κ3) is 3.64. The smallest absolute Gasteiger partial charge is 0.331 e. The molecule has 78 valence electrons. The molecule has 0 atom stereocenters. The second-order valence-corrected chi connectivity index (χ2v) is 3.00. The molecule has 0 unspecified atom stereocenters. The van der Waals surface area contributed by atoms with Crippen LogP contribution < -0.4 is 5.32 Å². The van der Waals surface area contributed by atoms with Gasteiger partial charge in [0.25, 0.3) is 0 Å². The van der Waals surface area contributed by atoms with Gasteiger partial charge in [-0.3, -0.25) is 4.79 Å². The molecule has 0 aliphatic carbocycles. The van der Waals surface area contributed by atoms with Gasteiger partial charge in [0.05, 0.1) is 6.42 Å². The van der Waals surface area contributed by atoms with Crippen LogP contribution in [0.1, 0.15) is 6.42 Å². The Morgan fingerprint density at radius 3 is 2.40 bits per heavy atom. The van der Waals surface area contributed by atoms with Crippen LogP contribution in [0.15, 0.2) is 42.5 Å². The average molecular weight is 205 g/mol. The number of amides is 1. The van der Waals surface area contributed by atoms with Crippen LogP contribution in [0, 0.1) is 0 Å². The third-order valence-electron chi connectivity index (χ3n) is 1.73. The Kier molecular flexibility index (Phi) is 3.62. The van der Waals surface area contributed by atoms with Crippen molar-refractivity contribution in [2.75, 3.05) is 5.32 Å². The zero-order valence-corrected chi connectivity index (χ0v) is 8.06. The van der Waals surface area contributed by atoms with Crippen molar-refractivity contribution in [1.29, 1.82) is 0 Å². The number of para-hydroxylation sites is 1. The van der Waals surface area contributed by atoms with Crippen LogP contribution in [0.4, 0.5) is 5.69 Å². The van der Waals surface area contributed by atoms with Crippen molar-refractivity contribution in [2.45, 2.75) is 6.42 Å². The molecule has 1 rings (SSSR count). The lowest BCUT2D eigenvalue weighted by atomic mass is 10.2. The Hall–Kier alpha value is -2.10. The molecule has 0 radical (unpaired) electrons. The van der Waals surface area contributed by atoms with Crippen LogP contribution >= 0.6 is 0 Å². The predicted octanol–water partition coefficient (Wildman–Crippen LogP) is 1.66. The standard InChI is InChI=1S/C11H11NO3/c1-8(11(14)15)7-10(13)12-9-5-3-2-4-6-9/h2-6H,1,7H2,(H,12,13)(H,14,15). The van der Waals surface area contributed by atoms with E-state index in [1.165, 1.54) is 0 Å². The highest BCUT2D eigenvalue weighted by molar-refractivity contribution is 5.98. The molecule has 1 aromatic carbocycles. The number of aliphatic carboxylic acids is 1. The zero-order chi connectivity index (χ0) is 11.3. The summed E-state index contributed by atoms with van der Waals surface area (Å²) in [5.41, 5.74) is 0.518. The summed E-state index contributed by atoms with van der Waals surface area (Å²) in [5, 5.41) is 11.1. The first-order valence-electron chi connectivity index (χ1n) is 4.35. The van der Waals surface area contributed by atoms with Crippen molar-refractivity contribution in [3.8, 4) is 0 Å². The molecule has 1 amide bonds. The summed E-state index contributed by atoms with van der Waals surface area (Å²) in [6.07, 6.45) is -0.204. The van der Waals surface area contributed by atoms with Crippen LogP contribution in [0.5, 0.6) is 0 Å². The van der Waals surface area contributed by atoms with Crippen LogP contribution in [-0.4, -0.2) is 17.0 Å². The molecule has 0 aliphatic heterocycles. The number of carboxylic acid groups (broad SMARTS) is 1. The molecular weight excluding hydrogens is 194 g/mol. The molecule has 0 fully saturated rings. The zero-order valence-electron chi connectivity index (χ0n) is 8.06. The van der Waals surface area contributed by atoms with Gasteiger partial charge in [-0.1, -0.05) is 24.8 Å². The Balaban J connectivity index is 2.51. The van der Waals surface area contributed by atoms with Crippen LogP contribution in [-0.2, 0) is 9.59 Å². The highest BCUT2D eigenvalue weighted by atomic mass is 16.4. The summed E-state index contributed by atoms with van der Waals surface area (Å²) < 4.78 is 0. The molecule has 4 nitrogen and oxygen atoms in total. The van der Waals surface area contributed by atoms with Gasteiger partial charge in [-0.15, -0.1) is 0 Å². The normalized spacial score (nSPS) is 9.33. The fourth-order valence-electron chi connectivity index (χ4n) is 0.996. The molecule has 2 N–H and O–H groups in total. The van der Waals surface area contributed by atoms with E-state index in [9.17, 15) is 9.59 Å². The van der Waals surface area contributed by atoms with E-state index in [4.69, 9.17) is 5.11 Å². The minimum absolute atomic E-state index is 0.122. The number of hydrogen-bond acceptors (Lipinski definition) is 2. The maximum atomic E-state index is 11.3. The van der Waals surface area contributed by atoms with E-state index >= 15 is 0 Å². The van der Waals surface area contributed by atoms with Gasteiger partial charge in [0.2, 0.25) is 5.91 Å². The van der Waals surface area contributed by atoms with Gasteiger partial charge < -0.3 is 10.4 Å². The highest BCUT2D eigenvalue weighted by Crippen LogP contribution is 2.07. The lowest BCUT2D eigenvalue weighted by Gasteiger charge is -2.04. The number of hydrogen-bond donors (Lipinski definition) is 2. The van der Waals surface area contributed by atoms with Gasteiger partial charge in [0.15, 0.2) is 0 Å². The van der Waals surface area contributed by atoms with Crippen LogP contribution in [0.25, 0.3) is 0 Å². The van der Waals surface area contributed by atoms with E-state index in [2.05, 4.69) is 11.9 Å². The maximum Gasteiger partial charge on any atom is 0.331 e. The largest absolute Gasteiger partial charge is 0.478 e. The number of carbonyl (C=O) groups is 2. The molecule has 0 spiro atoms. The van der Waals surface area contributed by atoms with Crippen LogP contribution in [0.3, 0.4) is 0 Å². The number of carboxylic acids is 1. The molecule has 0 saturated heterocycles. The lowest BCUT2D eigenvalue weighted by Crippen LogP contribution is -2.14. The van der Waals surface area contributed by atoms with Gasteiger partial charge in [-0.2, -0.15) is 0 Å². The first-order valence-corrected chi connectivity index (χ1v) is 4.35. The summed E-state index contributed by atoms with van der Waals surface area (Å²) >= 11 is 0. The van der Waals surface area contributed by atoms with Crippen molar-refractivity contribution < 1.29 is 14.7 Å². The number of carbonyl (C=O) groups excluding carboxylic acids is 1. The Morgan fingerprint density at radius 2 is 1.87 bits per heavy atom. The lowest BCUT2D eigenvalue weighted by molar-refractivity contribution is -0.133. The Bertz CT molecular complexity index is 384. The SMILES string of the molecule is C=C(CC(=O)Nc1ccccc1)C(=O)O. The summed E-state index contributed by atoms with van der Waals surface area (Å²) in [4.78, 5) is 21.7. The monoisotopic (exact) mass is 205 g/mol. The van der Waals surface area contributed by atoms with Crippen molar-refractivity contribution in [3.63, 3.8) is 0 Å². The molecule has 0 saturated carbocycles. The molecule has 0 bridgehead atoms. The second-order valence-electron chi connectivity index (χ2n) is 3.00. The van der Waals surface area contributed by atoms with Gasteiger partial charge >= 0.3 is 5.97 Å². The van der Waals surface area contributed by atoms with Gasteiger partial charge in [-0.25, -0.2) is 4.79 Å². The quantitative estimate of drug-likeness (QED) is 0.734. The number of nitrogens with one attached hydrogen (secondary N) is 1. The fraction of sp³-hybridized carbons (Fsp3) is 0.0909. The molecular formula is C11H11NO3. The Labute approximate surface area is 87.2 Å². The summed E-state index contributed by atoms with van der Waals surface area (Å²) in [5.74, 6) is -1.54. The second kappa shape index (κ2) is 4.95. The predicted molar refractivity (Wildman–Crippen MR) is 56.5 cm³/mol. The first kappa shape index (κ1) is 11.0. The highest BCUT2D eigenvalue weighted by Gasteiger charge is 2.09. The first-order chi connectivity index (χ1) is 7.09. The molecule has 0 heterocycles. The summed E-state index contributed by atoms with van der Waals surface area (Å²) in [6, 6.07) is 8.83. The van der Waals surface area contributed by atoms with Gasteiger partial charge in [0, 0.05) is 11.3 Å². The molecule has 15 heavy (non-hydrogen) atoms. The van der Waals surface area contributed by atoms with Gasteiger partial charge in [-0.05, 0) is 12.1 Å². The van der Waals surface area contributed by atoms with E-state index < -0.39 is 5.97 Å². The van der Waals surface area contributed by atoms with Crippen LogP contribution in [0.2, 0.25) is 0 Å². The maximum absolute atomic E-state index is 11.3. The number of rotatable bonds is 4. The van der Waals surface area contributed by atoms with E-state index in [1.54, 1.807) is 24.3 Å². The molecule has 4 heteroatoms. The minimum Gasteiger partial charge on any atom is -0.478 e. The fourth-order valence-corrected chi connectivity index (χ4v) is 0.996. The Morgan fingerprint density at radius 1 is 1.27 bits per heavy atom. The van der Waals surface area contributed by atoms with E-state index in [0.29, 0.717) is 5.69 Å². The third-order valence-corrected chi connectivity index (χ3v) is 1.73. The van der Waals surface area contributed by atoms with Crippen molar-refractivity contribution >= 4 is 17.6 Å².